The number of esters is 1. The summed E-state index contributed by atoms with van der Waals surface area (Å²) in [5.41, 5.74) is 0. The first kappa shape index (κ1) is 22.0. The van der Waals surface area contributed by atoms with Crippen LogP contribution in [0.15, 0.2) is 12.7 Å². The molecule has 0 spiro atoms. The number of allylic oxidation sites excluding steroid dienone is 1. The molecule has 0 saturated carbocycles. The molecule has 0 aliphatic rings. The van der Waals surface area contributed by atoms with Gasteiger partial charge in [-0.2, -0.15) is 0 Å². The van der Waals surface area contributed by atoms with E-state index in [1.807, 2.05) is 6.08 Å². The quantitative estimate of drug-likeness (QED) is 0.187. The number of hydrogen-bond donors (Lipinski definition) is 0. The third-order valence-electron chi connectivity index (χ3n) is 4.97. The predicted octanol–water partition coefficient (Wildman–Crippen LogP) is 6.34. The number of carbonyl (C=O) groups excluding carboxylic acids is 1. The summed E-state index contributed by atoms with van der Waals surface area (Å²) in [7, 11) is 1.57. The van der Waals surface area contributed by atoms with Gasteiger partial charge >= 0.3 is 143 Å². The summed E-state index contributed by atoms with van der Waals surface area (Å²) >= 11 is -2.53. The molecule has 3 heteroatoms. The van der Waals surface area contributed by atoms with Crippen molar-refractivity contribution in [2.75, 3.05) is 7.11 Å². The van der Waals surface area contributed by atoms with Gasteiger partial charge in [0.2, 0.25) is 0 Å². The van der Waals surface area contributed by atoms with Gasteiger partial charge in [-0.15, -0.1) is 0 Å². The fraction of sp³-hybridized carbons (Fsp3) is 0.842. The van der Waals surface area contributed by atoms with Crippen molar-refractivity contribution in [1.82, 2.24) is 0 Å². The second-order valence-electron chi connectivity index (χ2n) is 6.61. The molecule has 0 radical (unpaired) electrons. The summed E-state index contributed by atoms with van der Waals surface area (Å²) in [6.07, 6.45) is 11.5. The van der Waals surface area contributed by atoms with Gasteiger partial charge in [-0.3, -0.25) is 0 Å². The molecule has 2 nitrogen and oxygen atoms in total. The van der Waals surface area contributed by atoms with E-state index in [9.17, 15) is 4.79 Å². The van der Waals surface area contributed by atoms with E-state index >= 15 is 0 Å². The normalized spacial score (nSPS) is 12.9. The molecule has 1 atom stereocenters. The Bertz CT molecular complexity index is 280. The van der Waals surface area contributed by atoms with Gasteiger partial charge in [0.05, 0.1) is 0 Å². The first-order chi connectivity index (χ1) is 10.6. The van der Waals surface area contributed by atoms with Crippen molar-refractivity contribution in [3.05, 3.63) is 12.7 Å². The third kappa shape index (κ3) is 7.52. The second kappa shape index (κ2) is 13.4. The van der Waals surface area contributed by atoms with Gasteiger partial charge in [-0.1, -0.05) is 0 Å². The van der Waals surface area contributed by atoms with Gasteiger partial charge < -0.3 is 0 Å². The topological polar surface area (TPSA) is 26.3 Å². The predicted molar refractivity (Wildman–Crippen MR) is 100 cm³/mol. The summed E-state index contributed by atoms with van der Waals surface area (Å²) < 4.78 is 9.56. The van der Waals surface area contributed by atoms with Gasteiger partial charge in [0.25, 0.3) is 0 Å². The van der Waals surface area contributed by atoms with E-state index in [1.54, 1.807) is 7.11 Å². The number of carbonyl (C=O) groups is 1. The molecule has 0 N–H and O–H groups in total. The van der Waals surface area contributed by atoms with Crippen molar-refractivity contribution in [3.63, 3.8) is 0 Å². The average Bonchev–Trinajstić information content (AvgIpc) is 2.55. The molecule has 0 rings (SSSR count). The molecule has 0 aromatic heterocycles. The maximum atomic E-state index is 12.5. The first-order valence-electron chi connectivity index (χ1n) is 9.30. The molecule has 0 aliphatic heterocycles. The van der Waals surface area contributed by atoms with Crippen molar-refractivity contribution in [2.24, 2.45) is 0 Å². The Morgan fingerprint density at radius 3 is 1.82 bits per heavy atom. The van der Waals surface area contributed by atoms with Gasteiger partial charge in [0, 0.05) is 0 Å². The van der Waals surface area contributed by atoms with Crippen LogP contribution in [0.4, 0.5) is 0 Å². The summed E-state index contributed by atoms with van der Waals surface area (Å²) in [6.45, 7) is 10.7. The first-order valence-corrected chi connectivity index (χ1v) is 17.0. The molecule has 0 aromatic rings. The Morgan fingerprint density at radius 2 is 1.50 bits per heavy atom. The zero-order valence-electron chi connectivity index (χ0n) is 15.5. The Balaban J connectivity index is 5.42. The molecule has 1 unspecified atom stereocenters. The zero-order valence-corrected chi connectivity index (χ0v) is 18.3. The van der Waals surface area contributed by atoms with E-state index < -0.39 is 18.4 Å². The summed E-state index contributed by atoms with van der Waals surface area (Å²) in [4.78, 5) is 12.5. The van der Waals surface area contributed by atoms with Crippen molar-refractivity contribution < 1.29 is 9.53 Å². The minimum atomic E-state index is -2.53. The Morgan fingerprint density at radius 1 is 1.05 bits per heavy atom. The average molecular weight is 417 g/mol. The van der Waals surface area contributed by atoms with Gasteiger partial charge in [0.15, 0.2) is 0 Å². The molecule has 0 aromatic carbocycles. The van der Waals surface area contributed by atoms with E-state index in [4.69, 9.17) is 4.74 Å². The minimum absolute atomic E-state index is 0.0842. The number of rotatable bonds is 14. The fourth-order valence-corrected chi connectivity index (χ4v) is 21.8. The van der Waals surface area contributed by atoms with Crippen molar-refractivity contribution in [3.8, 4) is 0 Å². The van der Waals surface area contributed by atoms with Crippen molar-refractivity contribution >= 4 is 24.3 Å². The summed E-state index contributed by atoms with van der Waals surface area (Å²) in [5.74, 6) is 0.0842. The number of unbranched alkanes of at least 4 members (excludes halogenated alkanes) is 3. The molecular weight excluding hydrogens is 379 g/mol. The standard InChI is InChI=1S/C7H11O2.3C4H9.Sn/c1-3-4-5-6-7(8)9-2;3*1-3-4-2;/h3,6H,1,4-5H2,2H3;3*1,3-4H2,2H3;. The van der Waals surface area contributed by atoms with Gasteiger partial charge in [-0.25, -0.2) is 0 Å². The SMILES string of the molecule is C=CCC[CH](C(=O)OC)[Sn]([CH2]CCC)([CH2]CCC)[CH2]CCC. The molecule has 22 heavy (non-hydrogen) atoms. The van der Waals surface area contributed by atoms with Crippen LogP contribution in [0.3, 0.4) is 0 Å². The van der Waals surface area contributed by atoms with E-state index in [1.165, 1.54) is 51.8 Å². The van der Waals surface area contributed by atoms with E-state index in [0.29, 0.717) is 0 Å². The van der Waals surface area contributed by atoms with Crippen LogP contribution in [0.5, 0.6) is 0 Å². The van der Waals surface area contributed by atoms with E-state index in [2.05, 4.69) is 27.4 Å². The van der Waals surface area contributed by atoms with Crippen LogP contribution in [-0.2, 0) is 9.53 Å². The molecule has 0 fully saturated rings. The molecule has 130 valence electrons. The Hall–Kier alpha value is 0.00870. The molecule has 0 saturated heterocycles. The van der Waals surface area contributed by atoms with Crippen LogP contribution in [0, 0.1) is 0 Å². The van der Waals surface area contributed by atoms with Crippen LogP contribution >= 0.6 is 0 Å². The third-order valence-corrected chi connectivity index (χ3v) is 22.2. The van der Waals surface area contributed by atoms with Crippen LogP contribution < -0.4 is 0 Å². The van der Waals surface area contributed by atoms with Crippen LogP contribution in [0.2, 0.25) is 17.2 Å². The summed E-state index contributed by atoms with van der Waals surface area (Å²) in [6, 6.07) is 0. The zero-order chi connectivity index (χ0) is 16.8. The number of hydrogen-bond acceptors (Lipinski definition) is 2. The van der Waals surface area contributed by atoms with Crippen LogP contribution in [0.1, 0.15) is 72.1 Å². The molecule has 0 amide bonds. The van der Waals surface area contributed by atoms with Gasteiger partial charge in [0.1, 0.15) is 0 Å². The Labute approximate surface area is 143 Å². The van der Waals surface area contributed by atoms with Crippen molar-refractivity contribution in [1.29, 1.82) is 0 Å². The number of methoxy groups -OCH3 is 1. The van der Waals surface area contributed by atoms with Crippen LogP contribution in [0.25, 0.3) is 0 Å². The van der Waals surface area contributed by atoms with Crippen molar-refractivity contribution in [2.45, 2.75) is 89.4 Å². The molecule has 0 heterocycles. The maximum absolute atomic E-state index is 12.5. The molecule has 0 bridgehead atoms. The van der Waals surface area contributed by atoms with E-state index in [0.717, 1.165) is 12.8 Å². The van der Waals surface area contributed by atoms with E-state index in [-0.39, 0.29) is 9.90 Å². The number of ether oxygens (including phenoxy) is 1. The fourth-order valence-electron chi connectivity index (χ4n) is 3.59. The molecule has 0 aliphatic carbocycles. The second-order valence-corrected chi connectivity index (χ2v) is 20.7. The van der Waals surface area contributed by atoms with Gasteiger partial charge in [-0.05, 0) is 0 Å². The van der Waals surface area contributed by atoms with Crippen LogP contribution in [-0.4, -0.2) is 31.5 Å². The summed E-state index contributed by atoms with van der Waals surface area (Å²) in [5, 5.41) is 0. The monoisotopic (exact) mass is 418 g/mol. The molecular formula is C19H38O2Sn. The Kier molecular flexibility index (Phi) is 13.5.